The number of halogens is 5. The largest absolute Gasteiger partial charge is 0.481 e. The Bertz CT molecular complexity index is 3820. The maximum atomic E-state index is 14.0. The van der Waals surface area contributed by atoms with Crippen LogP contribution in [-0.4, -0.2) is 181 Å². The first kappa shape index (κ1) is 77.7. The molecule has 1 unspecified atom stereocenters. The van der Waals surface area contributed by atoms with Gasteiger partial charge in [-0.3, -0.25) is 58.7 Å². The summed E-state index contributed by atoms with van der Waals surface area (Å²) in [5, 5.41) is 37.8. The van der Waals surface area contributed by atoms with Gasteiger partial charge in [0.2, 0.25) is 0 Å². The summed E-state index contributed by atoms with van der Waals surface area (Å²) >= 11 is 0. The van der Waals surface area contributed by atoms with Crippen LogP contribution >= 0.6 is 0 Å². The van der Waals surface area contributed by atoms with E-state index in [2.05, 4.69) is 14.7 Å². The van der Waals surface area contributed by atoms with Crippen LogP contribution in [0.5, 0.6) is 0 Å². The molecule has 0 radical (unpaired) electrons. The minimum absolute atomic E-state index is 0. The molecule has 3 saturated heterocycles. The van der Waals surface area contributed by atoms with Crippen molar-refractivity contribution in [2.75, 3.05) is 86.0 Å². The summed E-state index contributed by atoms with van der Waals surface area (Å²) in [6.07, 6.45) is 7.33. The van der Waals surface area contributed by atoms with Crippen LogP contribution in [-0.2, 0) is 79.6 Å². The van der Waals surface area contributed by atoms with Crippen molar-refractivity contribution in [1.29, 1.82) is 0 Å². The summed E-state index contributed by atoms with van der Waals surface area (Å²) in [6.45, 7) is 17.6. The third-order valence-electron chi connectivity index (χ3n) is 23.2. The van der Waals surface area contributed by atoms with Crippen LogP contribution in [0.3, 0.4) is 0 Å². The number of methoxy groups -OCH3 is 1. The Morgan fingerprint density at radius 1 is 0.437 bits per heavy atom. The highest BCUT2D eigenvalue weighted by Gasteiger charge is 2.54. The molecule has 13 rings (SSSR count). The second kappa shape index (κ2) is 34.4. The van der Waals surface area contributed by atoms with Crippen molar-refractivity contribution in [2.24, 2.45) is 0 Å². The van der Waals surface area contributed by atoms with E-state index >= 15 is 0 Å². The summed E-state index contributed by atoms with van der Waals surface area (Å²) in [4.78, 5) is 90.5. The number of amides is 2. The third kappa shape index (κ3) is 16.6. The van der Waals surface area contributed by atoms with E-state index in [0.717, 1.165) is 58.5 Å². The number of ether oxygens (including phenoxy) is 4. The van der Waals surface area contributed by atoms with Crippen molar-refractivity contribution in [3.8, 4) is 0 Å². The van der Waals surface area contributed by atoms with Crippen LogP contribution in [0, 0.1) is 63.7 Å². The monoisotopic (exact) mass is 1440 g/mol. The van der Waals surface area contributed by atoms with E-state index in [4.69, 9.17) is 21.9 Å². The zero-order chi connectivity index (χ0) is 76.6. The first-order chi connectivity index (χ1) is 50.2. The number of carbonyl (C=O) groups excluding carboxylic acids is 5. The van der Waals surface area contributed by atoms with Crippen molar-refractivity contribution in [1.82, 2.24) is 25.7 Å². The predicted octanol–water partition coefficient (Wildman–Crippen LogP) is 10.9. The number of ketones is 2. The molecule has 25 heteroatoms. The molecule has 5 saturated carbocycles. The van der Waals surface area contributed by atoms with E-state index in [9.17, 15) is 76.1 Å². The number of rotatable bonds is 13. The van der Waals surface area contributed by atoms with Crippen LogP contribution in [0.15, 0.2) is 91.0 Å². The number of carboxylic acids is 2. The van der Waals surface area contributed by atoms with Gasteiger partial charge in [0.05, 0.1) is 63.0 Å². The fraction of sp³-hybridized carbons (Fsp3) is 0.526. The van der Waals surface area contributed by atoms with Gasteiger partial charge in [0, 0.05) is 87.5 Å². The second-order valence-electron chi connectivity index (χ2n) is 28.5. The number of nitrogens with one attached hydrogen (secondary N) is 2. The average Bonchev–Trinajstić information content (AvgIpc) is 1.61. The smallest absolute Gasteiger partial charge is 0.316 e. The number of carbonyl (C=O) groups is 7. The highest BCUT2D eigenvalue weighted by molar-refractivity contribution is 5.96. The van der Waals surface area contributed by atoms with Gasteiger partial charge >= 0.3 is 17.9 Å². The van der Waals surface area contributed by atoms with Gasteiger partial charge in [-0.25, -0.2) is 32.9 Å². The molecule has 6 N–H and O–H groups in total. The molecular weight excluding hydrogens is 1340 g/mol. The fourth-order valence-corrected chi connectivity index (χ4v) is 17.3. The first-order valence-corrected chi connectivity index (χ1v) is 35.4. The lowest BCUT2D eigenvalue weighted by Crippen LogP contribution is -2.46. The van der Waals surface area contributed by atoms with Crippen LogP contribution in [0.1, 0.15) is 156 Å². The Labute approximate surface area is 602 Å². The summed E-state index contributed by atoms with van der Waals surface area (Å²) < 4.78 is 100.0. The van der Waals surface area contributed by atoms with E-state index in [-0.39, 0.29) is 80.1 Å². The van der Waals surface area contributed by atoms with Crippen molar-refractivity contribution in [2.45, 2.75) is 176 Å². The second-order valence-corrected chi connectivity index (χ2v) is 28.5. The SMILES string of the molecule is COC(=O)[C@@]1(c2cccc(F)c2C)CCC(=O)C1.Cc1c(F)cccc1[C@]1(C(=O)NO)CC[C@@H](N2CCOCC2)C1.Cc1c(F)cccc1[C@]1(C(=O)NO)CC[C@H](N2CCOCC2)C1.Cc1c(F)cccc1[C@]1(C(=O)O)CCC(=O)C1.Cc1c(F)cccc1[C@]1(C(=O)O)CCC(N2CCOCC2)C1.[2HH].[2H][2H]. The zero-order valence-electron chi connectivity index (χ0n) is 61.5. The molecule has 3 heterocycles. The standard InChI is InChI=1S/2C17H23FN2O3.C17H22FNO3.C14H15FO3.C13H13FO3.2H2/c2*1-12-14(3-2-4-15(12)18)17(16(21)19-22)6-5-13(11-17)20-7-9-23-10-8-20;1-12-14(3-2-4-15(12)18)17(16(20)21)6-5-13(11-17)19-7-9-22-10-8-19;1-9-11(4-3-5-12(9)15)14(13(17)18-2)7-6-10(16)8-14;1-8-10(3-2-4-11(8)14)13(12(16)17)6-5-9(15)7-13;;/h2*2-4,13,22H,5-11H2,1H3,(H,19,21);2-4,13H,5-11H2,1H3,(H,20,21);3-5H,6-8H2,1-2H3;2-4H,5-7H2,1H3,(H,16,17);2*1H/t13-,17+;13-,17-;13?,17-;14-;13-;;/m10000../s1/i;;;;;1+1D;1+1. The van der Waals surface area contributed by atoms with Gasteiger partial charge in [0.1, 0.15) is 51.5 Å². The highest BCUT2D eigenvalue weighted by atomic mass is 19.1. The van der Waals surface area contributed by atoms with Crippen LogP contribution < -0.4 is 11.0 Å². The summed E-state index contributed by atoms with van der Waals surface area (Å²) in [6, 6.07) is 24.2. The molecular formula is C78H100F5N5O15. The van der Waals surface area contributed by atoms with E-state index < -0.39 is 62.6 Å². The molecule has 0 aromatic heterocycles. The maximum Gasteiger partial charge on any atom is 0.316 e. The van der Waals surface area contributed by atoms with Crippen molar-refractivity contribution in [3.63, 3.8) is 0 Å². The molecule has 103 heavy (non-hydrogen) atoms. The molecule has 5 aromatic rings. The number of benzene rings is 5. The minimum Gasteiger partial charge on any atom is -0.481 e. The van der Waals surface area contributed by atoms with Crippen molar-refractivity contribution >= 4 is 41.3 Å². The average molecular weight is 1450 g/mol. The van der Waals surface area contributed by atoms with E-state index in [1.807, 2.05) is 11.0 Å². The van der Waals surface area contributed by atoms with E-state index in [1.165, 1.54) is 43.5 Å². The normalized spacial score (nSPS) is 27.3. The Morgan fingerprint density at radius 3 is 0.971 bits per heavy atom. The minimum atomic E-state index is -1.23. The van der Waals surface area contributed by atoms with Gasteiger partial charge in [0.25, 0.3) is 11.8 Å². The molecule has 562 valence electrons. The Kier molecular flexibility index (Phi) is 25.9. The number of hydrogen-bond donors (Lipinski definition) is 6. The zero-order valence-corrected chi connectivity index (χ0v) is 59.5. The van der Waals surface area contributed by atoms with Gasteiger partial charge < -0.3 is 29.2 Å². The highest BCUT2D eigenvalue weighted by Crippen LogP contribution is 2.49. The molecule has 20 nitrogen and oxygen atoms in total. The van der Waals surface area contributed by atoms with Crippen LogP contribution in [0.2, 0.25) is 0 Å². The maximum absolute atomic E-state index is 14.0. The summed E-state index contributed by atoms with van der Waals surface area (Å²) in [5.41, 5.74) is 3.85. The first-order valence-electron chi connectivity index (χ1n) is 36.4. The van der Waals surface area contributed by atoms with Gasteiger partial charge in [-0.1, -0.05) is 60.7 Å². The molecule has 0 spiro atoms. The quantitative estimate of drug-likeness (QED) is 0.0277. The van der Waals surface area contributed by atoms with E-state index in [1.54, 1.807) is 89.2 Å². The van der Waals surface area contributed by atoms with Crippen LogP contribution in [0.25, 0.3) is 0 Å². The van der Waals surface area contributed by atoms with Crippen molar-refractivity contribution < 1.29 is 99.5 Å². The molecule has 8 fully saturated rings. The number of hydrogen-bond acceptors (Lipinski definition) is 16. The lowest BCUT2D eigenvalue weighted by molar-refractivity contribution is -0.148. The lowest BCUT2D eigenvalue weighted by Gasteiger charge is -2.34. The number of carboxylic acid groups (broad SMARTS) is 2. The number of esters is 1. The number of nitrogens with zero attached hydrogens (tertiary/aromatic N) is 3. The van der Waals surface area contributed by atoms with Gasteiger partial charge in [-0.05, 0) is 191 Å². The number of aliphatic carboxylic acids is 2. The number of morpholine rings is 3. The molecule has 5 aromatic carbocycles. The summed E-state index contributed by atoms with van der Waals surface area (Å²) in [5.74, 6) is -5.03. The van der Waals surface area contributed by atoms with E-state index in [0.29, 0.717) is 147 Å². The van der Waals surface area contributed by atoms with Crippen molar-refractivity contribution in [3.05, 3.63) is 176 Å². The molecule has 3 aliphatic heterocycles. The Balaban J connectivity index is 0.000000184. The Morgan fingerprint density at radius 2 is 0.699 bits per heavy atom. The molecule has 2 amide bonds. The van der Waals surface area contributed by atoms with Gasteiger partial charge in [-0.15, -0.1) is 0 Å². The molecule has 8 aliphatic rings. The number of Topliss-reactive ketones (excluding diaryl/α,β-unsaturated/α-hetero) is 2. The topological polar surface area (TPSA) is 271 Å². The number of hydroxylamine groups is 2. The lowest BCUT2D eigenvalue weighted by atomic mass is 9.75. The summed E-state index contributed by atoms with van der Waals surface area (Å²) in [7, 11) is 1.29. The Hall–Kier alpha value is -7.88. The van der Waals surface area contributed by atoms with Gasteiger partial charge in [-0.2, -0.15) is 0 Å². The molecule has 8 atom stereocenters. The fourth-order valence-electron chi connectivity index (χ4n) is 17.3. The third-order valence-corrected chi connectivity index (χ3v) is 23.2. The van der Waals surface area contributed by atoms with Crippen LogP contribution in [0.4, 0.5) is 22.0 Å². The molecule has 5 aliphatic carbocycles. The molecule has 0 bridgehead atoms. The van der Waals surface area contributed by atoms with Gasteiger partial charge in [0.15, 0.2) is 0 Å². The predicted molar refractivity (Wildman–Crippen MR) is 373 cm³/mol.